The lowest BCUT2D eigenvalue weighted by Gasteiger charge is -2.19. The number of thioether (sulfide) groups is 1. The Bertz CT molecular complexity index is 1460. The molecule has 0 atom stereocenters. The largest absolute Gasteiger partial charge is 0.456 e. The number of thiocarbonyl (C=S) groups is 1. The Labute approximate surface area is 237 Å². The first-order valence-electron chi connectivity index (χ1n) is 11.7. The number of carbonyl (C=O) groups excluding carboxylic acids is 3. The summed E-state index contributed by atoms with van der Waals surface area (Å²) in [6, 6.07) is 10.3. The molecule has 12 heteroatoms. The van der Waals surface area contributed by atoms with Crippen LogP contribution in [0.2, 0.25) is 0 Å². The number of hydrogen-bond acceptors (Lipinski definition) is 8. The number of pyridine rings is 1. The van der Waals surface area contributed by atoms with Crippen molar-refractivity contribution in [3.05, 3.63) is 75.1 Å². The van der Waals surface area contributed by atoms with Crippen molar-refractivity contribution in [1.29, 1.82) is 0 Å². The second-order valence-corrected chi connectivity index (χ2v) is 12.1. The van der Waals surface area contributed by atoms with Crippen molar-refractivity contribution in [3.63, 3.8) is 0 Å². The number of benzene rings is 1. The first-order chi connectivity index (χ1) is 18.4. The van der Waals surface area contributed by atoms with Crippen molar-refractivity contribution in [2.45, 2.75) is 32.8 Å². The van der Waals surface area contributed by atoms with E-state index in [9.17, 15) is 23.2 Å². The van der Waals surface area contributed by atoms with Gasteiger partial charge in [-0.15, -0.1) is 11.3 Å². The summed E-state index contributed by atoms with van der Waals surface area (Å²) in [6.45, 7) is 5.43. The lowest BCUT2D eigenvalue weighted by molar-refractivity contribution is -0.122. The first-order valence-corrected chi connectivity index (χ1v) is 13.8. The Morgan fingerprint density at radius 1 is 1.10 bits per heavy atom. The Hall–Kier alpha value is -3.48. The highest BCUT2D eigenvalue weighted by atomic mass is 32.2. The van der Waals surface area contributed by atoms with Crippen LogP contribution in [-0.2, 0) is 14.3 Å². The van der Waals surface area contributed by atoms with Gasteiger partial charge in [-0.1, -0.05) is 24.0 Å². The zero-order chi connectivity index (χ0) is 28.3. The van der Waals surface area contributed by atoms with Crippen LogP contribution in [0.5, 0.6) is 0 Å². The van der Waals surface area contributed by atoms with E-state index in [2.05, 4.69) is 10.3 Å². The van der Waals surface area contributed by atoms with Crippen molar-refractivity contribution in [3.8, 4) is 11.1 Å². The van der Waals surface area contributed by atoms with Crippen LogP contribution in [0.4, 0.5) is 14.5 Å². The van der Waals surface area contributed by atoms with Gasteiger partial charge >= 0.3 is 5.97 Å². The number of nitrogens with zero attached hydrogens (tertiary/aromatic N) is 2. The number of aromatic nitrogens is 1. The molecule has 1 aliphatic rings. The molecule has 39 heavy (non-hydrogen) atoms. The minimum absolute atomic E-state index is 0.00978. The quantitative estimate of drug-likeness (QED) is 0.151. The molecule has 3 aromatic rings. The number of anilines is 1. The van der Waals surface area contributed by atoms with E-state index in [0.29, 0.717) is 36.5 Å². The van der Waals surface area contributed by atoms with Gasteiger partial charge in [0.2, 0.25) is 17.8 Å². The van der Waals surface area contributed by atoms with Crippen molar-refractivity contribution in [2.75, 3.05) is 11.9 Å². The van der Waals surface area contributed by atoms with Crippen LogP contribution in [0.25, 0.3) is 17.2 Å². The SMILES string of the molecule is CC(C)(C)OC(=O)c1ccc(NC(=O)CCN2C(=O)C(=Cc3cc(-c4cc(F)nc(F)c4)cs3)SC2=S)cc1. The van der Waals surface area contributed by atoms with Crippen LogP contribution >= 0.6 is 35.3 Å². The minimum atomic E-state index is -0.916. The minimum Gasteiger partial charge on any atom is -0.456 e. The van der Waals surface area contributed by atoms with Crippen molar-refractivity contribution >= 4 is 69.2 Å². The number of carbonyl (C=O) groups is 3. The second kappa shape index (κ2) is 11.7. The third-order valence-electron chi connectivity index (χ3n) is 5.23. The smallest absolute Gasteiger partial charge is 0.338 e. The maximum atomic E-state index is 13.5. The molecular formula is C27H23F2N3O4S3. The number of rotatable bonds is 7. The topological polar surface area (TPSA) is 88.6 Å². The molecule has 0 saturated carbocycles. The molecule has 1 aliphatic heterocycles. The normalized spacial score (nSPS) is 14.7. The van der Waals surface area contributed by atoms with Gasteiger partial charge in [-0.2, -0.15) is 13.8 Å². The van der Waals surface area contributed by atoms with Crippen molar-refractivity contribution in [2.24, 2.45) is 0 Å². The number of thiophene rings is 1. The summed E-state index contributed by atoms with van der Waals surface area (Å²) < 4.78 is 32.6. The maximum absolute atomic E-state index is 13.5. The van der Waals surface area contributed by atoms with Gasteiger partial charge in [0.1, 0.15) is 9.92 Å². The highest BCUT2D eigenvalue weighted by Crippen LogP contribution is 2.35. The molecule has 0 radical (unpaired) electrons. The van der Waals surface area contributed by atoms with Gasteiger partial charge in [0.05, 0.1) is 10.5 Å². The summed E-state index contributed by atoms with van der Waals surface area (Å²) in [6.07, 6.45) is 1.67. The van der Waals surface area contributed by atoms with Crippen LogP contribution in [0.3, 0.4) is 0 Å². The van der Waals surface area contributed by atoms with E-state index >= 15 is 0 Å². The number of hydrogen-bond donors (Lipinski definition) is 1. The third kappa shape index (κ3) is 7.55. The molecule has 1 saturated heterocycles. The van der Waals surface area contributed by atoms with E-state index < -0.39 is 23.5 Å². The molecule has 1 fully saturated rings. The molecule has 1 N–H and O–H groups in total. The van der Waals surface area contributed by atoms with Crippen LogP contribution in [0.15, 0.2) is 52.7 Å². The van der Waals surface area contributed by atoms with Gasteiger partial charge in [-0.25, -0.2) is 4.79 Å². The number of ether oxygens (including phenoxy) is 1. The molecule has 4 rings (SSSR count). The molecule has 0 aliphatic carbocycles. The third-order valence-corrected chi connectivity index (χ3v) is 7.49. The molecule has 2 aromatic heterocycles. The van der Waals surface area contributed by atoms with Gasteiger partial charge in [0.25, 0.3) is 5.91 Å². The van der Waals surface area contributed by atoms with E-state index in [0.717, 1.165) is 23.9 Å². The Balaban J connectivity index is 1.33. The van der Waals surface area contributed by atoms with Crippen LogP contribution in [-0.4, -0.2) is 44.1 Å². The predicted molar refractivity (Wildman–Crippen MR) is 152 cm³/mol. The van der Waals surface area contributed by atoms with Gasteiger partial charge in [0.15, 0.2) is 0 Å². The van der Waals surface area contributed by atoms with Crippen LogP contribution in [0.1, 0.15) is 42.4 Å². The number of amides is 2. The van der Waals surface area contributed by atoms with Crippen molar-refractivity contribution in [1.82, 2.24) is 9.88 Å². The predicted octanol–water partition coefficient (Wildman–Crippen LogP) is 6.27. The number of halogens is 2. The maximum Gasteiger partial charge on any atom is 0.338 e. The standard InChI is InChI=1S/C27H23F2N3O4S3/c1-27(2,3)36-25(35)15-4-6-18(7-5-15)30-23(33)8-9-32-24(34)20(39-26(32)37)13-19-10-17(14-38-19)16-11-21(28)31-22(29)12-16/h4-7,10-14H,8-9H2,1-3H3,(H,30,33). The molecule has 0 bridgehead atoms. The molecule has 202 valence electrons. The average Bonchev–Trinajstić information content (AvgIpc) is 3.41. The van der Waals surface area contributed by atoms with E-state index in [-0.39, 0.29) is 24.8 Å². The van der Waals surface area contributed by atoms with E-state index in [4.69, 9.17) is 17.0 Å². The van der Waals surface area contributed by atoms with Crippen LogP contribution < -0.4 is 5.32 Å². The fourth-order valence-corrected chi connectivity index (χ4v) is 5.72. The Morgan fingerprint density at radius 2 is 1.77 bits per heavy atom. The number of esters is 1. The fraction of sp³-hybridized carbons (Fsp3) is 0.222. The lowest BCUT2D eigenvalue weighted by Crippen LogP contribution is -2.31. The van der Waals surface area contributed by atoms with Crippen molar-refractivity contribution < 1.29 is 27.9 Å². The fourth-order valence-electron chi connectivity index (χ4n) is 3.50. The van der Waals surface area contributed by atoms with Crippen LogP contribution in [0, 0.1) is 11.9 Å². The summed E-state index contributed by atoms with van der Waals surface area (Å²) in [5.74, 6) is -2.93. The highest BCUT2D eigenvalue weighted by molar-refractivity contribution is 8.26. The van der Waals surface area contributed by atoms with E-state index in [1.54, 1.807) is 62.6 Å². The highest BCUT2D eigenvalue weighted by Gasteiger charge is 2.32. The molecule has 7 nitrogen and oxygen atoms in total. The Kier molecular flexibility index (Phi) is 8.57. The summed E-state index contributed by atoms with van der Waals surface area (Å²) >= 11 is 7.77. The first kappa shape index (κ1) is 28.5. The molecule has 3 heterocycles. The summed E-state index contributed by atoms with van der Waals surface area (Å²) in [7, 11) is 0. The summed E-state index contributed by atoms with van der Waals surface area (Å²) in [5, 5.41) is 4.46. The Morgan fingerprint density at radius 3 is 2.41 bits per heavy atom. The average molecular weight is 588 g/mol. The van der Waals surface area contributed by atoms with Gasteiger partial charge in [-0.3, -0.25) is 14.5 Å². The molecule has 0 spiro atoms. The van der Waals surface area contributed by atoms with E-state index in [1.165, 1.54) is 16.2 Å². The van der Waals surface area contributed by atoms with Gasteiger partial charge in [0, 0.05) is 35.7 Å². The molecule has 2 amide bonds. The van der Waals surface area contributed by atoms with Gasteiger partial charge < -0.3 is 10.1 Å². The molecule has 1 aromatic carbocycles. The van der Waals surface area contributed by atoms with E-state index in [1.807, 2.05) is 0 Å². The van der Waals surface area contributed by atoms with Gasteiger partial charge in [-0.05, 0) is 73.7 Å². The second-order valence-electron chi connectivity index (χ2n) is 9.45. The monoisotopic (exact) mass is 587 g/mol. The molecule has 0 unspecified atom stereocenters. The zero-order valence-corrected chi connectivity index (χ0v) is 23.6. The zero-order valence-electron chi connectivity index (χ0n) is 21.1. The lowest BCUT2D eigenvalue weighted by atomic mass is 10.1. The molecular weight excluding hydrogens is 565 g/mol. The summed E-state index contributed by atoms with van der Waals surface area (Å²) in [4.78, 5) is 43.1. The summed E-state index contributed by atoms with van der Waals surface area (Å²) in [5.41, 5.74) is 1.19. The number of nitrogens with one attached hydrogen (secondary N) is 1.